The topological polar surface area (TPSA) is 72.4 Å². The van der Waals surface area contributed by atoms with Gasteiger partial charge in [0.05, 0.1) is 17.7 Å². The molecule has 0 fully saturated rings. The first kappa shape index (κ1) is 10.2. The lowest BCUT2D eigenvalue weighted by atomic mass is 9.79. The van der Waals surface area contributed by atoms with Crippen molar-refractivity contribution in [1.82, 2.24) is 0 Å². The molecule has 17 heavy (non-hydrogen) atoms. The second-order valence-corrected chi connectivity index (χ2v) is 4.54. The number of anilines is 1. The molecule has 1 aromatic carbocycles. The van der Waals surface area contributed by atoms with E-state index in [1.165, 1.54) is 0 Å². The Morgan fingerprint density at radius 2 is 2.29 bits per heavy atom. The van der Waals surface area contributed by atoms with Crippen LogP contribution >= 0.6 is 0 Å². The Morgan fingerprint density at radius 3 is 3.06 bits per heavy atom. The van der Waals surface area contributed by atoms with Crippen molar-refractivity contribution in [2.45, 2.75) is 18.4 Å². The number of para-hydroxylation sites is 1. The molecule has 0 aromatic heterocycles. The predicted octanol–water partition coefficient (Wildman–Crippen LogP) is 0.596. The molecular formula is C13H12NO3-. The maximum Gasteiger partial charge on any atom is 0.138 e. The molecular weight excluding hydrogens is 218 g/mol. The molecule has 4 heteroatoms. The van der Waals surface area contributed by atoms with E-state index < -0.39 is 12.0 Å². The molecule has 0 saturated carbocycles. The highest BCUT2D eigenvalue weighted by atomic mass is 16.4. The summed E-state index contributed by atoms with van der Waals surface area (Å²) in [5, 5.41) is 23.8. The first-order valence-electron chi connectivity index (χ1n) is 5.64. The zero-order valence-electron chi connectivity index (χ0n) is 9.09. The quantitative estimate of drug-likeness (QED) is 0.547. The number of nitrogens with one attached hydrogen (secondary N) is 1. The van der Waals surface area contributed by atoms with E-state index in [9.17, 15) is 15.0 Å². The molecule has 0 unspecified atom stereocenters. The van der Waals surface area contributed by atoms with Crippen LogP contribution < -0.4 is 10.4 Å². The number of rotatable bonds is 1. The summed E-state index contributed by atoms with van der Waals surface area (Å²) in [6, 6.07) is 4.51. The largest absolute Gasteiger partial charge is 0.548 e. The van der Waals surface area contributed by atoms with Gasteiger partial charge < -0.3 is 20.3 Å². The highest BCUT2D eigenvalue weighted by Crippen LogP contribution is 2.47. The number of aromatic hydroxyl groups is 1. The standard InChI is InChI=1S/C13H13NO3/c15-10-6-2-5-8-7-3-1-4-9(7)12(13(16)17)14-11(8)10/h1-3,5-7,9,12,14-15H,4H2,(H,16,17)/p-1/t7-,9-,12-/m0/s1. The molecule has 0 spiro atoms. The molecule has 2 aliphatic rings. The number of carbonyl (C=O) groups is 1. The van der Waals surface area contributed by atoms with Crippen LogP contribution in [0.4, 0.5) is 5.69 Å². The van der Waals surface area contributed by atoms with Gasteiger partial charge in [-0.15, -0.1) is 0 Å². The van der Waals surface area contributed by atoms with Crippen molar-refractivity contribution < 1.29 is 15.0 Å². The van der Waals surface area contributed by atoms with Gasteiger partial charge in [-0.3, -0.25) is 0 Å². The third-order valence-electron chi connectivity index (χ3n) is 3.63. The zero-order chi connectivity index (χ0) is 12.0. The number of hydrogen-bond acceptors (Lipinski definition) is 4. The molecule has 0 bridgehead atoms. The fraction of sp³-hybridized carbons (Fsp3) is 0.308. The monoisotopic (exact) mass is 230 g/mol. The third kappa shape index (κ3) is 1.40. The van der Waals surface area contributed by atoms with E-state index in [-0.39, 0.29) is 17.6 Å². The van der Waals surface area contributed by atoms with Gasteiger partial charge in [-0.05, 0) is 24.0 Å². The van der Waals surface area contributed by atoms with Crippen molar-refractivity contribution in [2.75, 3.05) is 5.32 Å². The van der Waals surface area contributed by atoms with Crippen LogP contribution in [0.2, 0.25) is 0 Å². The Kier molecular flexibility index (Phi) is 2.11. The summed E-state index contributed by atoms with van der Waals surface area (Å²) in [6.45, 7) is 0. The first-order valence-corrected chi connectivity index (χ1v) is 5.64. The number of hydrogen-bond donors (Lipinski definition) is 2. The molecule has 1 aromatic rings. The molecule has 0 radical (unpaired) electrons. The van der Waals surface area contributed by atoms with Gasteiger partial charge in [0.25, 0.3) is 0 Å². The highest BCUT2D eigenvalue weighted by molar-refractivity contribution is 5.80. The van der Waals surface area contributed by atoms with E-state index >= 15 is 0 Å². The van der Waals surface area contributed by atoms with Gasteiger partial charge in [0.2, 0.25) is 0 Å². The van der Waals surface area contributed by atoms with Crippen LogP contribution in [0.3, 0.4) is 0 Å². The van der Waals surface area contributed by atoms with E-state index in [0.717, 1.165) is 12.0 Å². The number of carbonyl (C=O) groups excluding carboxylic acids is 1. The molecule has 1 heterocycles. The smallest absolute Gasteiger partial charge is 0.138 e. The van der Waals surface area contributed by atoms with E-state index in [0.29, 0.717) is 5.69 Å². The van der Waals surface area contributed by atoms with Crippen LogP contribution in [0, 0.1) is 5.92 Å². The van der Waals surface area contributed by atoms with Gasteiger partial charge in [-0.1, -0.05) is 24.3 Å². The van der Waals surface area contributed by atoms with Crippen LogP contribution in [0.1, 0.15) is 17.9 Å². The molecule has 4 nitrogen and oxygen atoms in total. The lowest BCUT2D eigenvalue weighted by molar-refractivity contribution is -0.308. The summed E-state index contributed by atoms with van der Waals surface area (Å²) in [7, 11) is 0. The summed E-state index contributed by atoms with van der Waals surface area (Å²) < 4.78 is 0. The Labute approximate surface area is 98.6 Å². The Morgan fingerprint density at radius 1 is 1.47 bits per heavy atom. The second-order valence-electron chi connectivity index (χ2n) is 4.54. The summed E-state index contributed by atoms with van der Waals surface area (Å²) in [5.74, 6) is -0.986. The van der Waals surface area contributed by atoms with Crippen LogP contribution in [-0.2, 0) is 4.79 Å². The van der Waals surface area contributed by atoms with Crippen molar-refractivity contribution in [3.63, 3.8) is 0 Å². The average Bonchev–Trinajstić information content (AvgIpc) is 2.77. The molecule has 3 rings (SSSR count). The zero-order valence-corrected chi connectivity index (χ0v) is 9.09. The molecule has 1 aliphatic heterocycles. The average molecular weight is 230 g/mol. The molecule has 1 aliphatic carbocycles. The number of phenolic OH excluding ortho intramolecular Hbond substituents is 1. The minimum atomic E-state index is -1.11. The minimum Gasteiger partial charge on any atom is -0.548 e. The van der Waals surface area contributed by atoms with Crippen LogP contribution in [0.5, 0.6) is 5.75 Å². The summed E-state index contributed by atoms with van der Waals surface area (Å²) in [5.41, 5.74) is 1.48. The fourth-order valence-corrected chi connectivity index (χ4v) is 2.84. The van der Waals surface area contributed by atoms with Crippen molar-refractivity contribution in [1.29, 1.82) is 0 Å². The molecule has 0 amide bonds. The van der Waals surface area contributed by atoms with Crippen LogP contribution in [0.15, 0.2) is 30.4 Å². The summed E-state index contributed by atoms with van der Waals surface area (Å²) >= 11 is 0. The summed E-state index contributed by atoms with van der Waals surface area (Å²) in [6.07, 6.45) is 4.73. The summed E-state index contributed by atoms with van der Waals surface area (Å²) in [4.78, 5) is 11.1. The minimum absolute atomic E-state index is 0.0192. The Bertz CT molecular complexity index is 509. The van der Waals surface area contributed by atoms with Crippen LogP contribution in [0.25, 0.3) is 0 Å². The highest BCUT2D eigenvalue weighted by Gasteiger charge is 2.38. The van der Waals surface area contributed by atoms with E-state index in [1.54, 1.807) is 12.1 Å². The van der Waals surface area contributed by atoms with Gasteiger partial charge in [-0.2, -0.15) is 0 Å². The maximum atomic E-state index is 11.1. The molecule has 0 saturated heterocycles. The lowest BCUT2D eigenvalue weighted by Crippen LogP contribution is -2.48. The number of benzene rings is 1. The predicted molar refractivity (Wildman–Crippen MR) is 60.5 cm³/mol. The van der Waals surface area contributed by atoms with Gasteiger partial charge in [0.15, 0.2) is 0 Å². The van der Waals surface area contributed by atoms with Gasteiger partial charge in [0.1, 0.15) is 5.75 Å². The third-order valence-corrected chi connectivity index (χ3v) is 3.63. The number of fused-ring (bicyclic) bond motifs is 3. The first-order chi connectivity index (χ1) is 8.18. The van der Waals surface area contributed by atoms with E-state index in [1.807, 2.05) is 18.2 Å². The molecule has 2 N–H and O–H groups in total. The van der Waals surface area contributed by atoms with Crippen LogP contribution in [-0.4, -0.2) is 17.1 Å². The SMILES string of the molecule is O=C([O-])[C@H]1Nc2c(O)cccc2[C@@H]2C=CC[C@H]12. The van der Waals surface area contributed by atoms with Gasteiger partial charge >= 0.3 is 0 Å². The van der Waals surface area contributed by atoms with Crippen molar-refractivity contribution in [2.24, 2.45) is 5.92 Å². The number of aliphatic carboxylic acids is 1. The normalized spacial score (nSPS) is 29.3. The van der Waals surface area contributed by atoms with Gasteiger partial charge in [-0.25, -0.2) is 0 Å². The fourth-order valence-electron chi connectivity index (χ4n) is 2.84. The second kappa shape index (κ2) is 3.52. The van der Waals surface area contributed by atoms with E-state index in [4.69, 9.17) is 0 Å². The lowest BCUT2D eigenvalue weighted by Gasteiger charge is -2.37. The number of allylic oxidation sites excluding steroid dienone is 2. The van der Waals surface area contributed by atoms with Crippen molar-refractivity contribution in [3.8, 4) is 5.75 Å². The Balaban J connectivity index is 2.12. The number of carboxylic acid groups (broad SMARTS) is 1. The Hall–Kier alpha value is -1.97. The van der Waals surface area contributed by atoms with Crippen molar-refractivity contribution in [3.05, 3.63) is 35.9 Å². The van der Waals surface area contributed by atoms with Crippen molar-refractivity contribution >= 4 is 11.7 Å². The number of carboxylic acids is 1. The maximum absolute atomic E-state index is 11.1. The molecule has 3 atom stereocenters. The van der Waals surface area contributed by atoms with Gasteiger partial charge in [0, 0.05) is 5.92 Å². The number of phenols is 1. The van der Waals surface area contributed by atoms with E-state index in [2.05, 4.69) is 5.32 Å². The molecule has 88 valence electrons.